The maximum atomic E-state index is 13.0. The van der Waals surface area contributed by atoms with E-state index < -0.39 is 17.8 Å². The second kappa shape index (κ2) is 8.27. The zero-order valence-electron chi connectivity index (χ0n) is 15.5. The van der Waals surface area contributed by atoms with Crippen molar-refractivity contribution in [3.63, 3.8) is 0 Å². The highest BCUT2D eigenvalue weighted by Crippen LogP contribution is 2.29. The number of benzene rings is 2. The highest BCUT2D eigenvalue weighted by atomic mass is 35.5. The van der Waals surface area contributed by atoms with Crippen molar-refractivity contribution in [3.8, 4) is 5.75 Å². The van der Waals surface area contributed by atoms with Crippen LogP contribution in [0.1, 0.15) is 24.5 Å². The Hall–Kier alpha value is -3.12. The van der Waals surface area contributed by atoms with E-state index in [0.29, 0.717) is 34.2 Å². The zero-order valence-corrected chi connectivity index (χ0v) is 16.2. The van der Waals surface area contributed by atoms with Crippen molar-refractivity contribution in [2.75, 3.05) is 11.5 Å². The molecule has 28 heavy (non-hydrogen) atoms. The molecule has 2 aromatic carbocycles. The zero-order chi connectivity index (χ0) is 20.3. The average molecular weight is 399 g/mol. The lowest BCUT2D eigenvalue weighted by atomic mass is 10.1. The number of hydrogen-bond donors (Lipinski definition) is 1. The van der Waals surface area contributed by atoms with Gasteiger partial charge in [-0.15, -0.1) is 0 Å². The smallest absolute Gasteiger partial charge is 0.335 e. The van der Waals surface area contributed by atoms with Crippen molar-refractivity contribution >= 4 is 41.2 Å². The Bertz CT molecular complexity index is 984. The highest BCUT2D eigenvalue weighted by molar-refractivity contribution is 6.39. The van der Waals surface area contributed by atoms with Gasteiger partial charge in [-0.3, -0.25) is 14.9 Å². The molecule has 4 amide bonds. The van der Waals surface area contributed by atoms with Crippen molar-refractivity contribution in [1.29, 1.82) is 0 Å². The van der Waals surface area contributed by atoms with Gasteiger partial charge in [0, 0.05) is 10.6 Å². The van der Waals surface area contributed by atoms with Crippen LogP contribution in [-0.2, 0) is 9.59 Å². The molecule has 144 valence electrons. The molecule has 1 fully saturated rings. The van der Waals surface area contributed by atoms with E-state index in [9.17, 15) is 14.4 Å². The summed E-state index contributed by atoms with van der Waals surface area (Å²) >= 11 is 6.03. The van der Waals surface area contributed by atoms with E-state index in [2.05, 4.69) is 5.32 Å². The van der Waals surface area contributed by atoms with Gasteiger partial charge in [0.2, 0.25) is 0 Å². The van der Waals surface area contributed by atoms with E-state index in [1.54, 1.807) is 43.3 Å². The van der Waals surface area contributed by atoms with Gasteiger partial charge in [0.1, 0.15) is 11.3 Å². The van der Waals surface area contributed by atoms with E-state index in [1.165, 1.54) is 12.1 Å². The highest BCUT2D eigenvalue weighted by Gasteiger charge is 2.37. The summed E-state index contributed by atoms with van der Waals surface area (Å²) < 4.78 is 5.68. The number of imide groups is 2. The van der Waals surface area contributed by atoms with Crippen LogP contribution in [0.2, 0.25) is 5.02 Å². The predicted molar refractivity (Wildman–Crippen MR) is 107 cm³/mol. The van der Waals surface area contributed by atoms with Gasteiger partial charge in [0.15, 0.2) is 0 Å². The summed E-state index contributed by atoms with van der Waals surface area (Å²) in [6.45, 7) is 4.24. The lowest BCUT2D eigenvalue weighted by Crippen LogP contribution is -2.54. The van der Waals surface area contributed by atoms with E-state index >= 15 is 0 Å². The summed E-state index contributed by atoms with van der Waals surface area (Å²) in [4.78, 5) is 38.7. The van der Waals surface area contributed by atoms with Crippen LogP contribution < -0.4 is 15.0 Å². The number of rotatable bonds is 5. The van der Waals surface area contributed by atoms with Crippen molar-refractivity contribution in [2.24, 2.45) is 0 Å². The monoisotopic (exact) mass is 398 g/mol. The number of barbiturate groups is 1. The van der Waals surface area contributed by atoms with E-state index in [1.807, 2.05) is 6.92 Å². The predicted octanol–water partition coefficient (Wildman–Crippen LogP) is 4.10. The summed E-state index contributed by atoms with van der Waals surface area (Å²) in [5.41, 5.74) is 1.41. The summed E-state index contributed by atoms with van der Waals surface area (Å²) in [5.74, 6) is -0.916. The van der Waals surface area contributed by atoms with Gasteiger partial charge < -0.3 is 4.74 Å². The van der Waals surface area contributed by atoms with Crippen molar-refractivity contribution in [1.82, 2.24) is 5.32 Å². The first-order chi connectivity index (χ1) is 13.4. The number of ether oxygens (including phenoxy) is 1. The molecule has 0 saturated carbocycles. The fourth-order valence-corrected chi connectivity index (χ4v) is 2.96. The Kier molecular flexibility index (Phi) is 5.80. The Morgan fingerprint density at radius 2 is 1.89 bits per heavy atom. The third-order valence-corrected chi connectivity index (χ3v) is 4.43. The topological polar surface area (TPSA) is 75.7 Å². The number of urea groups is 1. The molecule has 6 nitrogen and oxygen atoms in total. The van der Waals surface area contributed by atoms with Crippen molar-refractivity contribution in [2.45, 2.75) is 20.3 Å². The van der Waals surface area contributed by atoms with Gasteiger partial charge in [-0.2, -0.15) is 0 Å². The van der Waals surface area contributed by atoms with Crippen LogP contribution in [0, 0.1) is 6.92 Å². The number of nitrogens with one attached hydrogen (secondary N) is 1. The number of carbonyl (C=O) groups excluding carboxylic acids is 3. The number of hydrogen-bond acceptors (Lipinski definition) is 4. The molecule has 7 heteroatoms. The van der Waals surface area contributed by atoms with Crippen molar-refractivity contribution in [3.05, 3.63) is 64.2 Å². The Labute approximate surface area is 167 Å². The summed E-state index contributed by atoms with van der Waals surface area (Å²) in [6.07, 6.45) is 2.25. The Balaban J connectivity index is 2.04. The average Bonchev–Trinajstić information content (AvgIpc) is 2.66. The molecule has 0 aromatic heterocycles. The molecule has 1 aliphatic rings. The minimum absolute atomic E-state index is 0.161. The first-order valence-corrected chi connectivity index (χ1v) is 9.19. The van der Waals surface area contributed by atoms with Gasteiger partial charge in [-0.05, 0) is 43.2 Å². The second-order valence-corrected chi connectivity index (χ2v) is 6.71. The van der Waals surface area contributed by atoms with Crippen LogP contribution in [0.15, 0.2) is 48.0 Å². The van der Waals surface area contributed by atoms with Gasteiger partial charge in [0.25, 0.3) is 11.8 Å². The number of carbonyl (C=O) groups is 3. The molecule has 2 aromatic rings. The van der Waals surface area contributed by atoms with Crippen LogP contribution >= 0.6 is 11.6 Å². The molecule has 0 unspecified atom stereocenters. The summed E-state index contributed by atoms with van der Waals surface area (Å²) in [5, 5.41) is 2.59. The Morgan fingerprint density at radius 3 is 2.64 bits per heavy atom. The molecule has 0 aliphatic carbocycles. The molecule has 3 rings (SSSR count). The lowest BCUT2D eigenvalue weighted by molar-refractivity contribution is -0.122. The number of anilines is 1. The molecule has 0 atom stereocenters. The number of para-hydroxylation sites is 1. The minimum Gasteiger partial charge on any atom is -0.493 e. The van der Waals surface area contributed by atoms with Gasteiger partial charge in [-0.1, -0.05) is 42.8 Å². The lowest BCUT2D eigenvalue weighted by Gasteiger charge is -2.27. The molecular weight excluding hydrogens is 380 g/mol. The molecule has 0 bridgehead atoms. The molecule has 1 aliphatic heterocycles. The van der Waals surface area contributed by atoms with Crippen LogP contribution in [0.5, 0.6) is 5.75 Å². The number of aryl methyl sites for hydroxylation is 1. The second-order valence-electron chi connectivity index (χ2n) is 6.27. The maximum Gasteiger partial charge on any atom is 0.335 e. The van der Waals surface area contributed by atoms with Crippen LogP contribution in [0.3, 0.4) is 0 Å². The number of amides is 4. The summed E-state index contributed by atoms with van der Waals surface area (Å²) in [6, 6.07) is 11.2. The third kappa shape index (κ3) is 3.92. The first kappa shape index (κ1) is 19.6. The minimum atomic E-state index is -0.812. The number of halogens is 1. The van der Waals surface area contributed by atoms with Gasteiger partial charge >= 0.3 is 6.03 Å². The van der Waals surface area contributed by atoms with Gasteiger partial charge in [-0.25, -0.2) is 9.69 Å². The van der Waals surface area contributed by atoms with E-state index in [0.717, 1.165) is 11.3 Å². The van der Waals surface area contributed by atoms with Crippen LogP contribution in [0.25, 0.3) is 6.08 Å². The van der Waals surface area contributed by atoms with E-state index in [-0.39, 0.29) is 5.57 Å². The molecule has 0 radical (unpaired) electrons. The van der Waals surface area contributed by atoms with Crippen molar-refractivity contribution < 1.29 is 19.1 Å². The van der Waals surface area contributed by atoms with Crippen LogP contribution in [-0.4, -0.2) is 24.5 Å². The fraction of sp³-hybridized carbons (Fsp3) is 0.190. The quantitative estimate of drug-likeness (QED) is 0.607. The third-order valence-electron chi connectivity index (χ3n) is 4.19. The first-order valence-electron chi connectivity index (χ1n) is 8.81. The fourth-order valence-electron chi connectivity index (χ4n) is 2.80. The SMILES string of the molecule is CCCOc1ccccc1/C=C1\C(=O)NC(=O)N(c2cc(Cl)ccc2C)C1=O. The maximum absolute atomic E-state index is 13.0. The normalized spacial score (nSPS) is 15.8. The summed E-state index contributed by atoms with van der Waals surface area (Å²) in [7, 11) is 0. The molecular formula is C21H19ClN2O4. The molecule has 1 heterocycles. The largest absolute Gasteiger partial charge is 0.493 e. The molecule has 1 saturated heterocycles. The molecule has 1 N–H and O–H groups in total. The Morgan fingerprint density at radius 1 is 1.14 bits per heavy atom. The van der Waals surface area contributed by atoms with E-state index in [4.69, 9.17) is 16.3 Å². The van der Waals surface area contributed by atoms with Crippen LogP contribution in [0.4, 0.5) is 10.5 Å². The standard InChI is InChI=1S/C21H19ClN2O4/c1-3-10-28-18-7-5-4-6-14(18)11-16-19(25)23-21(27)24(20(16)26)17-12-15(22)9-8-13(17)2/h4-9,11-12H,3,10H2,1-2H3,(H,23,25,27)/b16-11+. The van der Waals surface area contributed by atoms with Gasteiger partial charge in [0.05, 0.1) is 12.3 Å². The number of nitrogens with zero attached hydrogens (tertiary/aromatic N) is 1. The molecule has 0 spiro atoms.